The first kappa shape index (κ1) is 15.8. The highest BCUT2D eigenvalue weighted by Crippen LogP contribution is 2.18. The predicted molar refractivity (Wildman–Crippen MR) is 85.4 cm³/mol. The number of nitrogens with one attached hydrogen (secondary N) is 2. The smallest absolute Gasteiger partial charge is 0.221 e. The Hall–Kier alpha value is -1.62. The third kappa shape index (κ3) is 4.70. The van der Waals surface area contributed by atoms with E-state index in [4.69, 9.17) is 0 Å². The van der Waals surface area contributed by atoms with E-state index in [2.05, 4.69) is 47.4 Å². The van der Waals surface area contributed by atoms with Gasteiger partial charge >= 0.3 is 0 Å². The summed E-state index contributed by atoms with van der Waals surface area (Å²) >= 11 is 0. The number of nitrogens with zero attached hydrogens (tertiary/aromatic N) is 2. The van der Waals surface area contributed by atoms with E-state index < -0.39 is 0 Å². The van der Waals surface area contributed by atoms with Crippen molar-refractivity contribution in [2.24, 2.45) is 5.92 Å². The first-order valence-electron chi connectivity index (χ1n) is 7.74. The molecule has 1 saturated heterocycles. The number of rotatable bonds is 5. The van der Waals surface area contributed by atoms with Gasteiger partial charge < -0.3 is 15.5 Å². The van der Waals surface area contributed by atoms with E-state index in [1.807, 2.05) is 6.20 Å². The lowest BCUT2D eigenvalue weighted by molar-refractivity contribution is -0.120. The maximum Gasteiger partial charge on any atom is 0.221 e. The quantitative estimate of drug-likeness (QED) is 0.862. The van der Waals surface area contributed by atoms with Gasteiger partial charge in [-0.05, 0) is 36.6 Å². The molecular weight excluding hydrogens is 264 g/mol. The van der Waals surface area contributed by atoms with E-state index in [0.29, 0.717) is 18.9 Å². The molecule has 1 aromatic heterocycles. The molecule has 2 rings (SSSR count). The molecule has 2 heterocycles. The first-order chi connectivity index (χ1) is 10.1. The topological polar surface area (TPSA) is 57.3 Å². The van der Waals surface area contributed by atoms with Gasteiger partial charge in [0.25, 0.3) is 0 Å². The molecule has 1 amide bonds. The number of hydrogen-bond acceptors (Lipinski definition) is 4. The number of carbonyl (C=O) groups is 1. The standard InChI is InChI=1S/C16H26N4O/c1-12(2)9-17-10-14-8-13(3)16(19-11-14)20-6-4-15(21)18-5-7-20/h8,11-12,17H,4-7,9-10H2,1-3H3,(H,18,21). The van der Waals surface area contributed by atoms with Crippen molar-refractivity contribution in [3.63, 3.8) is 0 Å². The fourth-order valence-electron chi connectivity index (χ4n) is 2.54. The minimum atomic E-state index is 0.129. The highest BCUT2D eigenvalue weighted by molar-refractivity contribution is 5.77. The van der Waals surface area contributed by atoms with Crippen LogP contribution in [0.1, 0.15) is 31.4 Å². The van der Waals surface area contributed by atoms with Crippen molar-refractivity contribution < 1.29 is 4.79 Å². The zero-order valence-electron chi connectivity index (χ0n) is 13.3. The highest BCUT2D eigenvalue weighted by Gasteiger charge is 2.16. The summed E-state index contributed by atoms with van der Waals surface area (Å²) in [5.74, 6) is 1.78. The number of anilines is 1. The van der Waals surface area contributed by atoms with E-state index in [1.54, 1.807) is 0 Å². The molecule has 1 aliphatic heterocycles. The van der Waals surface area contributed by atoms with E-state index in [1.165, 1.54) is 11.1 Å². The Balaban J connectivity index is 1.99. The summed E-state index contributed by atoms with van der Waals surface area (Å²) in [6.07, 6.45) is 2.48. The molecule has 2 N–H and O–H groups in total. The van der Waals surface area contributed by atoms with Crippen molar-refractivity contribution in [1.82, 2.24) is 15.6 Å². The van der Waals surface area contributed by atoms with Crippen molar-refractivity contribution in [3.8, 4) is 0 Å². The SMILES string of the molecule is Cc1cc(CNCC(C)C)cnc1N1CCNC(=O)CC1. The van der Waals surface area contributed by atoms with E-state index in [9.17, 15) is 4.79 Å². The summed E-state index contributed by atoms with van der Waals surface area (Å²) in [4.78, 5) is 18.2. The number of amides is 1. The van der Waals surface area contributed by atoms with Crippen LogP contribution in [0.2, 0.25) is 0 Å². The fraction of sp³-hybridized carbons (Fsp3) is 0.625. The Morgan fingerprint density at radius 1 is 1.43 bits per heavy atom. The molecule has 0 bridgehead atoms. The number of aromatic nitrogens is 1. The molecule has 1 aliphatic rings. The van der Waals surface area contributed by atoms with Crippen LogP contribution in [0.25, 0.3) is 0 Å². The zero-order chi connectivity index (χ0) is 15.2. The zero-order valence-corrected chi connectivity index (χ0v) is 13.3. The highest BCUT2D eigenvalue weighted by atomic mass is 16.1. The number of hydrogen-bond donors (Lipinski definition) is 2. The normalized spacial score (nSPS) is 16.0. The second-order valence-electron chi connectivity index (χ2n) is 6.10. The average Bonchev–Trinajstić information content (AvgIpc) is 2.63. The Labute approximate surface area is 127 Å². The lowest BCUT2D eigenvalue weighted by Gasteiger charge is -2.23. The number of pyridine rings is 1. The van der Waals surface area contributed by atoms with Crippen LogP contribution in [-0.2, 0) is 11.3 Å². The second kappa shape index (κ2) is 7.41. The minimum Gasteiger partial charge on any atom is -0.354 e. The molecule has 0 aliphatic carbocycles. The van der Waals surface area contributed by atoms with Gasteiger partial charge in [-0.1, -0.05) is 13.8 Å². The van der Waals surface area contributed by atoms with Crippen molar-refractivity contribution >= 4 is 11.7 Å². The van der Waals surface area contributed by atoms with Gasteiger partial charge in [0.2, 0.25) is 5.91 Å². The van der Waals surface area contributed by atoms with Crippen LogP contribution in [0.15, 0.2) is 12.3 Å². The summed E-state index contributed by atoms with van der Waals surface area (Å²) in [6.45, 7) is 10.6. The van der Waals surface area contributed by atoms with Gasteiger partial charge in [0.1, 0.15) is 5.82 Å². The third-order valence-electron chi connectivity index (χ3n) is 3.60. The van der Waals surface area contributed by atoms with Crippen molar-refractivity contribution in [3.05, 3.63) is 23.4 Å². The third-order valence-corrected chi connectivity index (χ3v) is 3.60. The van der Waals surface area contributed by atoms with E-state index in [-0.39, 0.29) is 5.91 Å². The van der Waals surface area contributed by atoms with Gasteiger partial charge in [-0.15, -0.1) is 0 Å². The number of carbonyl (C=O) groups excluding carboxylic acids is 1. The molecule has 0 aromatic carbocycles. The van der Waals surface area contributed by atoms with Crippen molar-refractivity contribution in [2.45, 2.75) is 33.7 Å². The van der Waals surface area contributed by atoms with Crippen molar-refractivity contribution in [1.29, 1.82) is 0 Å². The van der Waals surface area contributed by atoms with Gasteiger partial charge in [0, 0.05) is 38.8 Å². The van der Waals surface area contributed by atoms with Gasteiger partial charge in [-0.3, -0.25) is 4.79 Å². The molecule has 116 valence electrons. The van der Waals surface area contributed by atoms with Gasteiger partial charge in [-0.2, -0.15) is 0 Å². The predicted octanol–water partition coefficient (Wildman–Crippen LogP) is 1.46. The Morgan fingerprint density at radius 3 is 2.95 bits per heavy atom. The number of aryl methyl sites for hydroxylation is 1. The minimum absolute atomic E-state index is 0.129. The van der Waals surface area contributed by atoms with Gasteiger partial charge in [-0.25, -0.2) is 4.98 Å². The average molecular weight is 290 g/mol. The van der Waals surface area contributed by atoms with Crippen LogP contribution >= 0.6 is 0 Å². The van der Waals surface area contributed by atoms with Crippen LogP contribution < -0.4 is 15.5 Å². The molecule has 0 saturated carbocycles. The lowest BCUT2D eigenvalue weighted by atomic mass is 10.1. The largest absolute Gasteiger partial charge is 0.354 e. The summed E-state index contributed by atoms with van der Waals surface area (Å²) in [5.41, 5.74) is 2.38. The molecule has 1 aromatic rings. The van der Waals surface area contributed by atoms with E-state index >= 15 is 0 Å². The summed E-state index contributed by atoms with van der Waals surface area (Å²) < 4.78 is 0. The Kier molecular flexibility index (Phi) is 5.56. The Bertz CT molecular complexity index is 487. The lowest BCUT2D eigenvalue weighted by Crippen LogP contribution is -2.29. The molecule has 0 unspecified atom stereocenters. The van der Waals surface area contributed by atoms with Crippen LogP contribution in [0, 0.1) is 12.8 Å². The van der Waals surface area contributed by atoms with Gasteiger partial charge in [0.05, 0.1) is 0 Å². The molecule has 5 nitrogen and oxygen atoms in total. The summed E-state index contributed by atoms with van der Waals surface area (Å²) in [7, 11) is 0. The van der Waals surface area contributed by atoms with Crippen LogP contribution in [0.5, 0.6) is 0 Å². The molecule has 0 spiro atoms. The Morgan fingerprint density at radius 2 is 2.24 bits per heavy atom. The van der Waals surface area contributed by atoms with Crippen LogP contribution in [-0.4, -0.2) is 37.1 Å². The summed E-state index contributed by atoms with van der Waals surface area (Å²) in [6, 6.07) is 2.19. The molecule has 1 fully saturated rings. The second-order valence-corrected chi connectivity index (χ2v) is 6.10. The molecule has 5 heteroatoms. The molecule has 21 heavy (non-hydrogen) atoms. The first-order valence-corrected chi connectivity index (χ1v) is 7.74. The summed E-state index contributed by atoms with van der Waals surface area (Å²) in [5, 5.41) is 6.33. The van der Waals surface area contributed by atoms with Crippen LogP contribution in [0.3, 0.4) is 0 Å². The maximum absolute atomic E-state index is 11.4. The van der Waals surface area contributed by atoms with E-state index in [0.717, 1.165) is 32.0 Å². The molecule has 0 atom stereocenters. The van der Waals surface area contributed by atoms with Gasteiger partial charge in [0.15, 0.2) is 0 Å². The molecule has 0 radical (unpaired) electrons. The van der Waals surface area contributed by atoms with Crippen LogP contribution in [0.4, 0.5) is 5.82 Å². The maximum atomic E-state index is 11.4. The fourth-order valence-corrected chi connectivity index (χ4v) is 2.54. The van der Waals surface area contributed by atoms with Crippen molar-refractivity contribution in [2.75, 3.05) is 31.1 Å². The monoisotopic (exact) mass is 290 g/mol. The molecular formula is C16H26N4O.